The maximum Gasteiger partial charge on any atom is 0.223 e. The van der Waals surface area contributed by atoms with Crippen LogP contribution in [0.4, 0.5) is 5.95 Å². The molecule has 0 unspecified atom stereocenters. The van der Waals surface area contributed by atoms with Crippen LogP contribution in [0.1, 0.15) is 19.3 Å². The molecule has 4 rings (SSSR count). The van der Waals surface area contributed by atoms with E-state index in [0.717, 1.165) is 62.4 Å². The SMILES string of the molecule is Clc1ccc(OC2CCN(CCCNc3nccc(-c4cccnc4)n3)CC2)cc1Cl. The molecule has 0 spiro atoms. The second-order valence-electron chi connectivity index (χ2n) is 7.52. The molecule has 8 heteroatoms. The van der Waals surface area contributed by atoms with Crippen LogP contribution in [-0.4, -0.2) is 52.1 Å². The highest BCUT2D eigenvalue weighted by molar-refractivity contribution is 6.42. The summed E-state index contributed by atoms with van der Waals surface area (Å²) in [5.74, 6) is 1.43. The van der Waals surface area contributed by atoms with Crippen molar-refractivity contribution >= 4 is 29.2 Å². The Hall–Kier alpha value is -2.41. The first kappa shape index (κ1) is 21.8. The van der Waals surface area contributed by atoms with Crippen molar-refractivity contribution in [1.29, 1.82) is 0 Å². The molecular formula is C23H25Cl2N5O. The largest absolute Gasteiger partial charge is 0.490 e. The van der Waals surface area contributed by atoms with Crippen molar-refractivity contribution < 1.29 is 4.74 Å². The molecule has 1 aliphatic rings. The normalized spacial score (nSPS) is 15.0. The minimum absolute atomic E-state index is 0.218. The van der Waals surface area contributed by atoms with Gasteiger partial charge in [0.25, 0.3) is 0 Å². The number of pyridine rings is 1. The van der Waals surface area contributed by atoms with Crippen molar-refractivity contribution in [3.8, 4) is 17.0 Å². The van der Waals surface area contributed by atoms with Gasteiger partial charge in [0.2, 0.25) is 5.95 Å². The Kier molecular flexibility index (Phi) is 7.57. The number of hydrogen-bond donors (Lipinski definition) is 1. The molecule has 6 nitrogen and oxygen atoms in total. The Morgan fingerprint density at radius 2 is 1.94 bits per heavy atom. The maximum atomic E-state index is 6.07. The summed E-state index contributed by atoms with van der Waals surface area (Å²) >= 11 is 12.0. The zero-order valence-electron chi connectivity index (χ0n) is 17.2. The van der Waals surface area contributed by atoms with E-state index in [2.05, 4.69) is 25.2 Å². The number of aromatic nitrogens is 3. The van der Waals surface area contributed by atoms with E-state index < -0.39 is 0 Å². The number of nitrogens with one attached hydrogen (secondary N) is 1. The molecule has 3 aromatic rings. The number of nitrogens with zero attached hydrogens (tertiary/aromatic N) is 4. The number of likely N-dealkylation sites (tertiary alicyclic amines) is 1. The van der Waals surface area contributed by atoms with E-state index in [-0.39, 0.29) is 6.10 Å². The molecule has 0 amide bonds. The molecule has 1 N–H and O–H groups in total. The van der Waals surface area contributed by atoms with Crippen LogP contribution in [0, 0.1) is 0 Å². The summed E-state index contributed by atoms with van der Waals surface area (Å²) in [4.78, 5) is 15.5. The van der Waals surface area contributed by atoms with Crippen LogP contribution in [-0.2, 0) is 0 Å². The Balaban J connectivity index is 1.17. The lowest BCUT2D eigenvalue weighted by molar-refractivity contribution is 0.100. The molecule has 1 aliphatic heterocycles. The first-order valence-corrected chi connectivity index (χ1v) is 11.2. The van der Waals surface area contributed by atoms with Gasteiger partial charge in [-0.05, 0) is 56.1 Å². The third-order valence-electron chi connectivity index (χ3n) is 5.28. The molecule has 0 saturated carbocycles. The van der Waals surface area contributed by atoms with Crippen LogP contribution in [0.2, 0.25) is 10.0 Å². The van der Waals surface area contributed by atoms with Crippen LogP contribution < -0.4 is 10.1 Å². The Labute approximate surface area is 192 Å². The van der Waals surface area contributed by atoms with Crippen molar-refractivity contribution in [2.75, 3.05) is 31.5 Å². The molecule has 2 aromatic heterocycles. The second-order valence-corrected chi connectivity index (χ2v) is 8.34. The van der Waals surface area contributed by atoms with Gasteiger partial charge in [-0.15, -0.1) is 0 Å². The van der Waals surface area contributed by atoms with Crippen LogP contribution in [0.5, 0.6) is 5.75 Å². The lowest BCUT2D eigenvalue weighted by atomic mass is 10.1. The van der Waals surface area contributed by atoms with E-state index in [9.17, 15) is 0 Å². The smallest absolute Gasteiger partial charge is 0.223 e. The highest BCUT2D eigenvalue weighted by atomic mass is 35.5. The van der Waals surface area contributed by atoms with E-state index in [4.69, 9.17) is 27.9 Å². The predicted octanol–water partition coefficient (Wildman–Crippen LogP) is 5.19. The third kappa shape index (κ3) is 6.29. The highest BCUT2D eigenvalue weighted by Crippen LogP contribution is 2.28. The predicted molar refractivity (Wildman–Crippen MR) is 125 cm³/mol. The molecular weight excluding hydrogens is 433 g/mol. The number of hydrogen-bond acceptors (Lipinski definition) is 6. The minimum Gasteiger partial charge on any atom is -0.490 e. The minimum atomic E-state index is 0.218. The second kappa shape index (κ2) is 10.8. The van der Waals surface area contributed by atoms with Crippen molar-refractivity contribution in [2.45, 2.75) is 25.4 Å². The molecule has 31 heavy (non-hydrogen) atoms. The number of piperidine rings is 1. The Bertz CT molecular complexity index is 981. The number of rotatable bonds is 8. The van der Waals surface area contributed by atoms with Gasteiger partial charge in [0.15, 0.2) is 0 Å². The third-order valence-corrected chi connectivity index (χ3v) is 6.01. The summed E-state index contributed by atoms with van der Waals surface area (Å²) in [5.41, 5.74) is 1.86. The van der Waals surface area contributed by atoms with E-state index in [1.807, 2.05) is 24.3 Å². The summed E-state index contributed by atoms with van der Waals surface area (Å²) in [6, 6.07) is 11.2. The fourth-order valence-electron chi connectivity index (χ4n) is 3.62. The van der Waals surface area contributed by atoms with Gasteiger partial charge in [-0.2, -0.15) is 0 Å². The molecule has 1 aromatic carbocycles. The van der Waals surface area contributed by atoms with Crippen molar-refractivity contribution in [3.05, 3.63) is 65.0 Å². The van der Waals surface area contributed by atoms with E-state index in [0.29, 0.717) is 16.0 Å². The molecule has 1 fully saturated rings. The van der Waals surface area contributed by atoms with Crippen LogP contribution >= 0.6 is 23.2 Å². The molecule has 0 bridgehead atoms. The highest BCUT2D eigenvalue weighted by Gasteiger charge is 2.20. The number of ether oxygens (including phenoxy) is 1. The monoisotopic (exact) mass is 457 g/mol. The number of benzene rings is 1. The first-order valence-electron chi connectivity index (χ1n) is 10.5. The van der Waals surface area contributed by atoms with Gasteiger partial charge in [-0.25, -0.2) is 9.97 Å². The topological polar surface area (TPSA) is 63.2 Å². The average Bonchev–Trinajstić information content (AvgIpc) is 2.81. The number of anilines is 1. The molecule has 0 aliphatic carbocycles. The molecule has 0 radical (unpaired) electrons. The van der Waals surface area contributed by atoms with Crippen LogP contribution in [0.3, 0.4) is 0 Å². The van der Waals surface area contributed by atoms with Crippen LogP contribution in [0.15, 0.2) is 55.0 Å². The first-order chi connectivity index (χ1) is 15.2. The zero-order valence-corrected chi connectivity index (χ0v) is 18.7. The van der Waals surface area contributed by atoms with Crippen molar-refractivity contribution in [1.82, 2.24) is 19.9 Å². The Morgan fingerprint density at radius 1 is 1.06 bits per heavy atom. The molecule has 1 saturated heterocycles. The number of halogens is 2. The molecule has 0 atom stereocenters. The van der Waals surface area contributed by atoms with Gasteiger partial charge < -0.3 is 15.0 Å². The summed E-state index contributed by atoms with van der Waals surface area (Å²) < 4.78 is 6.07. The molecule has 162 valence electrons. The summed E-state index contributed by atoms with van der Waals surface area (Å²) in [6.45, 7) is 3.92. The van der Waals surface area contributed by atoms with E-state index in [1.54, 1.807) is 30.7 Å². The van der Waals surface area contributed by atoms with Gasteiger partial charge in [0, 0.05) is 49.9 Å². The lowest BCUT2D eigenvalue weighted by Gasteiger charge is -2.32. The zero-order chi connectivity index (χ0) is 21.5. The summed E-state index contributed by atoms with van der Waals surface area (Å²) in [5, 5.41) is 4.40. The standard InChI is InChI=1S/C23H25Cl2N5O/c24-20-5-4-19(15-21(20)25)31-18-7-13-30(14-8-18)12-2-10-27-23-28-11-6-22(29-23)17-3-1-9-26-16-17/h1,3-6,9,11,15-16,18H,2,7-8,10,12-14H2,(H,27,28,29). The quantitative estimate of drug-likeness (QED) is 0.469. The van der Waals surface area contributed by atoms with Crippen LogP contribution in [0.25, 0.3) is 11.3 Å². The Morgan fingerprint density at radius 3 is 2.71 bits per heavy atom. The van der Waals surface area contributed by atoms with Gasteiger partial charge in [-0.1, -0.05) is 23.2 Å². The summed E-state index contributed by atoms with van der Waals surface area (Å²) in [7, 11) is 0. The summed E-state index contributed by atoms with van der Waals surface area (Å²) in [6.07, 6.45) is 8.59. The maximum absolute atomic E-state index is 6.07. The van der Waals surface area contributed by atoms with E-state index >= 15 is 0 Å². The fourth-order valence-corrected chi connectivity index (χ4v) is 3.90. The van der Waals surface area contributed by atoms with Crippen molar-refractivity contribution in [3.63, 3.8) is 0 Å². The lowest BCUT2D eigenvalue weighted by Crippen LogP contribution is -2.39. The van der Waals surface area contributed by atoms with Gasteiger partial charge >= 0.3 is 0 Å². The van der Waals surface area contributed by atoms with Gasteiger partial charge in [-0.3, -0.25) is 4.98 Å². The van der Waals surface area contributed by atoms with Gasteiger partial charge in [0.1, 0.15) is 11.9 Å². The van der Waals surface area contributed by atoms with E-state index in [1.165, 1.54) is 0 Å². The van der Waals surface area contributed by atoms with Gasteiger partial charge in [0.05, 0.1) is 15.7 Å². The molecule has 3 heterocycles. The average molecular weight is 458 g/mol. The van der Waals surface area contributed by atoms with Crippen molar-refractivity contribution in [2.24, 2.45) is 0 Å². The fraction of sp³-hybridized carbons (Fsp3) is 0.348.